The molecule has 2 heterocycles. The summed E-state index contributed by atoms with van der Waals surface area (Å²) in [5, 5.41) is 12.0. The molecule has 62 heavy (non-hydrogen) atoms. The van der Waals surface area contributed by atoms with Crippen LogP contribution in [0.1, 0.15) is 0 Å². The molecule has 286 valence electrons. The number of rotatable bonds is 2. The van der Waals surface area contributed by atoms with Crippen molar-refractivity contribution < 1.29 is 8.83 Å². The highest BCUT2D eigenvalue weighted by Crippen LogP contribution is 2.54. The van der Waals surface area contributed by atoms with Crippen molar-refractivity contribution in [2.45, 2.75) is 0 Å². The number of hydrogen-bond donors (Lipinski definition) is 0. The van der Waals surface area contributed by atoms with Gasteiger partial charge in [0, 0.05) is 32.7 Å². The van der Waals surface area contributed by atoms with Gasteiger partial charge >= 0.3 is 0 Å². The third-order valence-electron chi connectivity index (χ3n) is 13.4. The maximum atomic E-state index is 6.77. The zero-order chi connectivity index (χ0) is 40.5. The van der Waals surface area contributed by atoms with Crippen LogP contribution in [0.25, 0.3) is 143 Å². The van der Waals surface area contributed by atoms with Crippen molar-refractivity contribution >= 4 is 76.2 Å². The predicted octanol–water partition coefficient (Wildman–Crippen LogP) is 17.3. The van der Waals surface area contributed by atoms with Crippen molar-refractivity contribution in [2.75, 3.05) is 0 Å². The van der Waals surface area contributed by atoms with Gasteiger partial charge in [0.2, 0.25) is 0 Å². The molecule has 0 aliphatic heterocycles. The molecule has 1 aliphatic carbocycles. The average molecular weight is 787 g/mol. The summed E-state index contributed by atoms with van der Waals surface area (Å²) in [6.07, 6.45) is 0. The van der Waals surface area contributed by atoms with Crippen LogP contribution in [0.3, 0.4) is 0 Å². The van der Waals surface area contributed by atoms with Gasteiger partial charge in [0.05, 0.1) is 0 Å². The van der Waals surface area contributed by atoms with Gasteiger partial charge in [-0.2, -0.15) is 0 Å². The Balaban J connectivity index is 1.14. The van der Waals surface area contributed by atoms with Gasteiger partial charge in [-0.1, -0.05) is 176 Å². The maximum Gasteiger partial charge on any atom is 0.143 e. The minimum Gasteiger partial charge on any atom is -0.455 e. The molecule has 2 heteroatoms. The number of fused-ring (bicyclic) bond motifs is 20. The molecule has 1 aliphatic rings. The van der Waals surface area contributed by atoms with Gasteiger partial charge < -0.3 is 8.83 Å². The second-order valence-electron chi connectivity index (χ2n) is 16.6. The van der Waals surface area contributed by atoms with E-state index in [0.29, 0.717) is 0 Å². The third-order valence-corrected chi connectivity index (χ3v) is 13.4. The topological polar surface area (TPSA) is 26.3 Å². The van der Waals surface area contributed by atoms with Gasteiger partial charge in [0.25, 0.3) is 0 Å². The number of benzene rings is 11. The Kier molecular flexibility index (Phi) is 6.86. The molecule has 2 nitrogen and oxygen atoms in total. The monoisotopic (exact) mass is 786 g/mol. The lowest BCUT2D eigenvalue weighted by Gasteiger charge is -2.26. The Hall–Kier alpha value is -8.20. The van der Waals surface area contributed by atoms with Gasteiger partial charge in [-0.05, 0) is 118 Å². The van der Waals surface area contributed by atoms with E-state index in [1.165, 1.54) is 76.8 Å². The van der Waals surface area contributed by atoms with Crippen molar-refractivity contribution in [3.8, 4) is 66.8 Å². The molecule has 0 saturated carbocycles. The van der Waals surface area contributed by atoms with Crippen LogP contribution in [0.15, 0.2) is 215 Å². The molecule has 0 atom stereocenters. The van der Waals surface area contributed by atoms with Crippen LogP contribution in [0, 0.1) is 0 Å². The van der Waals surface area contributed by atoms with E-state index in [2.05, 4.69) is 200 Å². The van der Waals surface area contributed by atoms with E-state index >= 15 is 0 Å². The molecule has 0 fully saturated rings. The molecule has 11 aromatic carbocycles. The van der Waals surface area contributed by atoms with Crippen LogP contribution >= 0.6 is 0 Å². The quantitative estimate of drug-likeness (QED) is 0.163. The van der Waals surface area contributed by atoms with Crippen molar-refractivity contribution in [3.05, 3.63) is 206 Å². The lowest BCUT2D eigenvalue weighted by Crippen LogP contribution is -2.00. The molecule has 0 spiro atoms. The minimum atomic E-state index is 0.895. The fraction of sp³-hybridized carbons (Fsp3) is 0. The lowest BCUT2D eigenvalue weighted by atomic mass is 9.76. The number of para-hydroxylation sites is 4. The van der Waals surface area contributed by atoms with Crippen LogP contribution in [-0.2, 0) is 0 Å². The zero-order valence-corrected chi connectivity index (χ0v) is 33.4. The van der Waals surface area contributed by atoms with Gasteiger partial charge in [0.1, 0.15) is 22.3 Å². The Labute approximate surface area is 356 Å². The second kappa shape index (κ2) is 12.7. The summed E-state index contributed by atoms with van der Waals surface area (Å²) in [5.74, 6) is 0. The highest BCUT2D eigenvalue weighted by atomic mass is 16.3. The van der Waals surface area contributed by atoms with E-state index in [0.717, 1.165) is 66.1 Å². The molecule has 2 aromatic heterocycles. The van der Waals surface area contributed by atoms with Gasteiger partial charge in [-0.3, -0.25) is 0 Å². The molecular formula is C60H34O2. The Bertz CT molecular complexity index is 4020. The van der Waals surface area contributed by atoms with Crippen molar-refractivity contribution in [1.82, 2.24) is 0 Å². The lowest BCUT2D eigenvalue weighted by molar-refractivity contribution is 0.669. The third kappa shape index (κ3) is 4.64. The molecule has 0 amide bonds. The average Bonchev–Trinajstić information content (AvgIpc) is 3.92. The molecule has 0 bridgehead atoms. The molecule has 0 unspecified atom stereocenters. The first-order valence-corrected chi connectivity index (χ1v) is 21.3. The predicted molar refractivity (Wildman–Crippen MR) is 260 cm³/mol. The van der Waals surface area contributed by atoms with Crippen molar-refractivity contribution in [2.24, 2.45) is 0 Å². The van der Waals surface area contributed by atoms with Gasteiger partial charge in [0.15, 0.2) is 0 Å². The highest BCUT2D eigenvalue weighted by Gasteiger charge is 2.28. The smallest absolute Gasteiger partial charge is 0.143 e. The van der Waals surface area contributed by atoms with Gasteiger partial charge in [-0.25, -0.2) is 0 Å². The molecular weight excluding hydrogens is 753 g/mol. The van der Waals surface area contributed by atoms with E-state index in [9.17, 15) is 0 Å². The van der Waals surface area contributed by atoms with E-state index in [4.69, 9.17) is 8.83 Å². The summed E-state index contributed by atoms with van der Waals surface area (Å²) >= 11 is 0. The number of hydrogen-bond acceptors (Lipinski definition) is 2. The normalized spacial score (nSPS) is 12.2. The van der Waals surface area contributed by atoms with Crippen molar-refractivity contribution in [1.29, 1.82) is 0 Å². The number of furan rings is 2. The largest absolute Gasteiger partial charge is 0.455 e. The van der Waals surface area contributed by atoms with E-state index in [-0.39, 0.29) is 0 Å². The van der Waals surface area contributed by atoms with Crippen LogP contribution in [0.5, 0.6) is 0 Å². The zero-order valence-electron chi connectivity index (χ0n) is 33.4. The summed E-state index contributed by atoms with van der Waals surface area (Å²) in [4.78, 5) is 0. The fourth-order valence-electron chi connectivity index (χ4n) is 10.7. The van der Waals surface area contributed by atoms with Crippen LogP contribution in [-0.4, -0.2) is 0 Å². The summed E-state index contributed by atoms with van der Waals surface area (Å²) in [7, 11) is 0. The summed E-state index contributed by atoms with van der Waals surface area (Å²) in [6.45, 7) is 0. The SMILES string of the molecule is c1ccc2c(c1)-c1cc(-c3cccc4c3oc3ccccc34)ccc1-c1cc3c4ccccc4c4ccccc4c3cc1-c1c-2cccc1-c1cccc2c1oc1ccccc12. The summed E-state index contributed by atoms with van der Waals surface area (Å²) < 4.78 is 13.4. The Morgan fingerprint density at radius 3 is 1.23 bits per heavy atom. The summed E-state index contributed by atoms with van der Waals surface area (Å²) in [6, 6.07) is 75.4. The van der Waals surface area contributed by atoms with Crippen molar-refractivity contribution in [3.63, 3.8) is 0 Å². The Morgan fingerprint density at radius 1 is 0.210 bits per heavy atom. The minimum absolute atomic E-state index is 0.895. The molecule has 0 radical (unpaired) electrons. The fourth-order valence-corrected chi connectivity index (χ4v) is 10.7. The van der Waals surface area contributed by atoms with Crippen LogP contribution in [0.4, 0.5) is 0 Å². The summed E-state index contributed by atoms with van der Waals surface area (Å²) in [5.41, 5.74) is 17.6. The molecule has 0 saturated heterocycles. The van der Waals surface area contributed by atoms with Crippen LogP contribution in [0.2, 0.25) is 0 Å². The molecule has 13 aromatic rings. The van der Waals surface area contributed by atoms with Gasteiger partial charge in [-0.15, -0.1) is 0 Å². The first kappa shape index (κ1) is 33.6. The van der Waals surface area contributed by atoms with E-state index < -0.39 is 0 Å². The molecule has 14 rings (SSSR count). The highest BCUT2D eigenvalue weighted by molar-refractivity contribution is 6.27. The van der Waals surface area contributed by atoms with E-state index in [1.807, 2.05) is 6.07 Å². The second-order valence-corrected chi connectivity index (χ2v) is 16.6. The first-order valence-electron chi connectivity index (χ1n) is 21.3. The molecule has 0 N–H and O–H groups in total. The standard InChI is InChI=1S/C60H34O2/c1-4-17-40-37(14-1)38-15-2-5-18-41(38)53-34-55-54(33-52(40)53)43-31-30-35(36-22-11-25-48-44-20-7-9-28-56(44)61-59(36)48)32-51(43)42-19-6-3-16-39(42)46-23-12-24-47(58(46)55)50-27-13-26-49-45-21-8-10-29-57(45)62-60(49)50/h1-34H. The Morgan fingerprint density at radius 2 is 0.597 bits per heavy atom. The maximum absolute atomic E-state index is 6.77. The van der Waals surface area contributed by atoms with Crippen LogP contribution < -0.4 is 0 Å². The van der Waals surface area contributed by atoms with E-state index in [1.54, 1.807) is 0 Å². The first-order chi connectivity index (χ1) is 30.8.